The van der Waals surface area contributed by atoms with Crippen LogP contribution in [0.5, 0.6) is 0 Å². The van der Waals surface area contributed by atoms with Crippen molar-refractivity contribution in [1.82, 2.24) is 4.90 Å². The van der Waals surface area contributed by atoms with Crippen LogP contribution < -0.4 is 0 Å². The summed E-state index contributed by atoms with van der Waals surface area (Å²) in [6.07, 6.45) is 8.05. The number of aliphatic hydroxyl groups excluding tert-OH is 1. The summed E-state index contributed by atoms with van der Waals surface area (Å²) in [5, 5.41) is 7.00. The van der Waals surface area contributed by atoms with Gasteiger partial charge < -0.3 is 9.84 Å². The van der Waals surface area contributed by atoms with Crippen molar-refractivity contribution in [2.75, 3.05) is 33.4 Å². The predicted octanol–water partition coefficient (Wildman–Crippen LogP) is 4.16. The summed E-state index contributed by atoms with van der Waals surface area (Å²) < 4.78 is 5.47. The molecule has 0 amide bonds. The predicted molar refractivity (Wildman–Crippen MR) is 115 cm³/mol. The van der Waals surface area contributed by atoms with E-state index in [1.54, 1.807) is 0 Å². The lowest BCUT2D eigenvalue weighted by Crippen LogP contribution is -2.23. The lowest BCUT2D eigenvalue weighted by atomic mass is 9.89. The maximum absolute atomic E-state index is 12.7. The van der Waals surface area contributed by atoms with Crippen molar-refractivity contribution < 1.29 is 14.6 Å². The van der Waals surface area contributed by atoms with Crippen molar-refractivity contribution in [3.63, 3.8) is 0 Å². The van der Waals surface area contributed by atoms with Gasteiger partial charge in [0.15, 0.2) is 6.61 Å². The Morgan fingerprint density at radius 1 is 1.11 bits per heavy atom. The van der Waals surface area contributed by atoms with Gasteiger partial charge in [-0.3, -0.25) is 9.69 Å². The fraction of sp³-hybridized carbons (Fsp3) is 0.542. The highest BCUT2D eigenvalue weighted by molar-refractivity contribution is 5.80. The number of allylic oxidation sites excluding steroid dienone is 1. The van der Waals surface area contributed by atoms with Gasteiger partial charge in [-0.2, -0.15) is 0 Å². The second kappa shape index (κ2) is 14.9. The summed E-state index contributed by atoms with van der Waals surface area (Å²) in [7, 11) is 1.00. The summed E-state index contributed by atoms with van der Waals surface area (Å²) in [5.41, 5.74) is 2.38. The van der Waals surface area contributed by atoms with Gasteiger partial charge in [0.1, 0.15) is 5.92 Å². The molecule has 1 aliphatic rings. The molecular weight excluding hydrogens is 350 g/mol. The van der Waals surface area contributed by atoms with E-state index in [4.69, 9.17) is 9.84 Å². The highest BCUT2D eigenvalue weighted by atomic mass is 16.5. The Bertz CT molecular complexity index is 631. The van der Waals surface area contributed by atoms with Crippen molar-refractivity contribution >= 4 is 5.97 Å². The summed E-state index contributed by atoms with van der Waals surface area (Å²) in [4.78, 5) is 14.9. The minimum atomic E-state index is -0.325. The quantitative estimate of drug-likeness (QED) is 0.435. The number of carbonyl (C=O) groups is 1. The monoisotopic (exact) mass is 385 g/mol. The number of hydrogen-bond donors (Lipinski definition) is 1. The third-order valence-corrected chi connectivity index (χ3v) is 4.92. The third kappa shape index (κ3) is 8.73. The van der Waals surface area contributed by atoms with Gasteiger partial charge in [-0.1, -0.05) is 74.1 Å². The summed E-state index contributed by atoms with van der Waals surface area (Å²) in [6.45, 7) is 7.08. The lowest BCUT2D eigenvalue weighted by molar-refractivity contribution is -0.142. The van der Waals surface area contributed by atoms with Crippen molar-refractivity contribution in [3.05, 3.63) is 47.5 Å². The van der Waals surface area contributed by atoms with Crippen LogP contribution in [0.4, 0.5) is 0 Å². The smallest absolute Gasteiger partial charge is 0.318 e. The molecule has 0 heterocycles. The van der Waals surface area contributed by atoms with Gasteiger partial charge in [0, 0.05) is 7.11 Å². The SMILES string of the molecule is CCN(CC)CC#CCOC(=O)C(C=C1CCCCC1)c1ccccc1.CO. The topological polar surface area (TPSA) is 49.8 Å². The summed E-state index contributed by atoms with van der Waals surface area (Å²) >= 11 is 0. The molecule has 1 aliphatic carbocycles. The summed E-state index contributed by atoms with van der Waals surface area (Å²) in [6, 6.07) is 9.91. The molecule has 4 nitrogen and oxygen atoms in total. The molecule has 1 saturated carbocycles. The van der Waals surface area contributed by atoms with Crippen LogP contribution in [0.1, 0.15) is 57.4 Å². The van der Waals surface area contributed by atoms with Gasteiger partial charge in [-0.15, -0.1) is 0 Å². The van der Waals surface area contributed by atoms with Crippen molar-refractivity contribution in [3.8, 4) is 11.8 Å². The molecule has 1 unspecified atom stereocenters. The first-order valence-electron chi connectivity index (χ1n) is 10.3. The molecule has 1 fully saturated rings. The average molecular weight is 386 g/mol. The Balaban J connectivity index is 0.00000190. The molecule has 1 atom stereocenters. The van der Waals surface area contributed by atoms with Gasteiger partial charge >= 0.3 is 5.97 Å². The number of carbonyl (C=O) groups excluding carboxylic acids is 1. The van der Waals surface area contributed by atoms with Crippen molar-refractivity contribution in [2.45, 2.75) is 51.9 Å². The van der Waals surface area contributed by atoms with Crippen LogP contribution in [0.2, 0.25) is 0 Å². The van der Waals surface area contributed by atoms with Gasteiger partial charge in [-0.05, 0) is 44.3 Å². The molecule has 1 aromatic rings. The average Bonchev–Trinajstić information content (AvgIpc) is 2.77. The molecule has 0 aromatic heterocycles. The van der Waals surface area contributed by atoms with Gasteiger partial charge in [-0.25, -0.2) is 0 Å². The van der Waals surface area contributed by atoms with Gasteiger partial charge in [0.05, 0.1) is 6.54 Å². The van der Waals surface area contributed by atoms with Crippen LogP contribution >= 0.6 is 0 Å². The number of esters is 1. The van der Waals surface area contributed by atoms with Crippen molar-refractivity contribution in [1.29, 1.82) is 0 Å². The van der Waals surface area contributed by atoms with E-state index in [-0.39, 0.29) is 18.5 Å². The van der Waals surface area contributed by atoms with E-state index in [0.29, 0.717) is 0 Å². The zero-order valence-electron chi connectivity index (χ0n) is 17.6. The van der Waals surface area contributed by atoms with Crippen LogP contribution in [0, 0.1) is 11.8 Å². The molecule has 2 rings (SSSR count). The zero-order chi connectivity index (χ0) is 20.6. The van der Waals surface area contributed by atoms with Crippen LogP contribution in [-0.2, 0) is 9.53 Å². The normalized spacial score (nSPS) is 14.2. The standard InChI is InChI=1S/C23H31NO2.CH4O/c1-3-24(4-2)17-11-12-18-26-23(25)22(21-15-9-6-10-16-21)19-20-13-7-5-8-14-20;1-2/h6,9-10,15-16,19,22H,3-5,7-8,13-14,17-18H2,1-2H3;2H,1H3. The first kappa shape index (κ1) is 23.9. The molecule has 154 valence electrons. The van der Waals surface area contributed by atoms with E-state index in [9.17, 15) is 4.79 Å². The van der Waals surface area contributed by atoms with E-state index in [1.165, 1.54) is 24.8 Å². The molecule has 0 saturated heterocycles. The van der Waals surface area contributed by atoms with E-state index < -0.39 is 0 Å². The van der Waals surface area contributed by atoms with E-state index in [0.717, 1.165) is 45.1 Å². The molecule has 1 N–H and O–H groups in total. The molecule has 0 aliphatic heterocycles. The minimum Gasteiger partial charge on any atom is -0.452 e. The fourth-order valence-corrected chi connectivity index (χ4v) is 3.23. The van der Waals surface area contributed by atoms with Gasteiger partial charge in [0.2, 0.25) is 0 Å². The number of aliphatic hydroxyl groups is 1. The second-order valence-electron chi connectivity index (χ2n) is 6.70. The number of ether oxygens (including phenoxy) is 1. The van der Waals surface area contributed by atoms with E-state index in [1.807, 2.05) is 30.3 Å². The van der Waals surface area contributed by atoms with Crippen LogP contribution in [-0.4, -0.2) is 49.3 Å². The Morgan fingerprint density at radius 3 is 2.36 bits per heavy atom. The molecule has 4 heteroatoms. The Hall–Kier alpha value is -2.09. The minimum absolute atomic E-state index is 0.159. The number of hydrogen-bond acceptors (Lipinski definition) is 4. The second-order valence-corrected chi connectivity index (χ2v) is 6.70. The van der Waals surface area contributed by atoms with Gasteiger partial charge in [0.25, 0.3) is 0 Å². The Morgan fingerprint density at radius 2 is 1.75 bits per heavy atom. The lowest BCUT2D eigenvalue weighted by Gasteiger charge is -2.18. The van der Waals surface area contributed by atoms with Crippen LogP contribution in [0.15, 0.2) is 42.0 Å². The maximum Gasteiger partial charge on any atom is 0.318 e. The largest absolute Gasteiger partial charge is 0.452 e. The van der Waals surface area contributed by atoms with E-state index in [2.05, 4.69) is 36.7 Å². The van der Waals surface area contributed by atoms with E-state index >= 15 is 0 Å². The fourth-order valence-electron chi connectivity index (χ4n) is 3.23. The maximum atomic E-state index is 12.7. The number of nitrogens with zero attached hydrogens (tertiary/aromatic N) is 1. The highest BCUT2D eigenvalue weighted by Crippen LogP contribution is 2.28. The summed E-state index contributed by atoms with van der Waals surface area (Å²) in [5.74, 6) is 5.53. The third-order valence-electron chi connectivity index (χ3n) is 4.92. The first-order valence-corrected chi connectivity index (χ1v) is 10.3. The highest BCUT2D eigenvalue weighted by Gasteiger charge is 2.21. The van der Waals surface area contributed by atoms with Crippen LogP contribution in [0.3, 0.4) is 0 Å². The Labute approximate surface area is 170 Å². The molecule has 0 radical (unpaired) electrons. The molecular formula is C24H35NO3. The zero-order valence-corrected chi connectivity index (χ0v) is 17.6. The first-order chi connectivity index (χ1) is 13.7. The molecule has 1 aromatic carbocycles. The molecule has 28 heavy (non-hydrogen) atoms. The van der Waals surface area contributed by atoms with Crippen molar-refractivity contribution in [2.24, 2.45) is 0 Å². The van der Waals surface area contributed by atoms with Crippen LogP contribution in [0.25, 0.3) is 0 Å². The number of rotatable bonds is 7. The molecule has 0 bridgehead atoms. The Kier molecular flexibility index (Phi) is 12.7. The molecule has 0 spiro atoms. The number of benzene rings is 1.